The van der Waals surface area contributed by atoms with Gasteiger partial charge in [-0.3, -0.25) is 14.5 Å². The predicted molar refractivity (Wildman–Crippen MR) is 79.3 cm³/mol. The molecule has 2 rings (SSSR count). The molecule has 2 heterocycles. The van der Waals surface area contributed by atoms with Crippen LogP contribution in [-0.4, -0.2) is 72.7 Å². The third-order valence-corrected chi connectivity index (χ3v) is 3.48. The number of morpholine rings is 1. The molecule has 0 aliphatic carbocycles. The summed E-state index contributed by atoms with van der Waals surface area (Å²) in [6.07, 6.45) is 1.75. The number of carbonyl (C=O) groups excluding carboxylic acids is 2. The first-order chi connectivity index (χ1) is 10.7. The van der Waals surface area contributed by atoms with Gasteiger partial charge in [0.2, 0.25) is 11.8 Å². The zero-order chi connectivity index (χ0) is 15.8. The van der Waals surface area contributed by atoms with Crippen LogP contribution in [0.25, 0.3) is 0 Å². The number of hydrogen-bond acceptors (Lipinski definition) is 6. The molecule has 0 spiro atoms. The van der Waals surface area contributed by atoms with Crippen molar-refractivity contribution in [3.63, 3.8) is 0 Å². The molecule has 2 amide bonds. The highest BCUT2D eigenvalue weighted by molar-refractivity contribution is 5.93. The van der Waals surface area contributed by atoms with Crippen LogP contribution in [-0.2, 0) is 14.3 Å². The van der Waals surface area contributed by atoms with E-state index in [9.17, 15) is 9.59 Å². The number of nitrogens with zero attached hydrogens (tertiary/aromatic N) is 3. The van der Waals surface area contributed by atoms with Crippen molar-refractivity contribution in [3.05, 3.63) is 12.3 Å². The van der Waals surface area contributed by atoms with Gasteiger partial charge in [-0.25, -0.2) is 0 Å². The average Bonchev–Trinajstić information content (AvgIpc) is 3.04. The van der Waals surface area contributed by atoms with Crippen LogP contribution in [0.2, 0.25) is 0 Å². The van der Waals surface area contributed by atoms with Crippen LogP contribution in [0.4, 0.5) is 5.82 Å². The molecule has 122 valence electrons. The van der Waals surface area contributed by atoms with E-state index in [0.29, 0.717) is 32.0 Å². The first-order valence-electron chi connectivity index (χ1n) is 7.47. The first-order valence-corrected chi connectivity index (χ1v) is 7.47. The number of hydrogen-bond donors (Lipinski definition) is 1. The molecule has 1 aliphatic heterocycles. The Kier molecular flexibility index (Phi) is 6.35. The maximum absolute atomic E-state index is 12.0. The second kappa shape index (κ2) is 8.50. The Hall–Kier alpha value is -1.93. The third-order valence-electron chi connectivity index (χ3n) is 3.48. The molecule has 8 nitrogen and oxygen atoms in total. The topological polar surface area (TPSA) is 87.9 Å². The molecule has 8 heteroatoms. The standard InChI is InChI=1S/C14H22N4O4/c1-2-14(20)18(5-4-17-6-9-21-10-7-17)11-13(19)15-12-3-8-22-16-12/h3,8H,2,4-7,9-11H2,1H3,(H,15,16,19). The number of amides is 2. The zero-order valence-electron chi connectivity index (χ0n) is 12.8. The minimum Gasteiger partial charge on any atom is -0.379 e. The van der Waals surface area contributed by atoms with Crippen LogP contribution in [0.1, 0.15) is 13.3 Å². The van der Waals surface area contributed by atoms with Gasteiger partial charge in [0.05, 0.1) is 19.8 Å². The Bertz CT molecular complexity index is 471. The molecule has 1 aliphatic rings. The molecule has 1 aromatic rings. The summed E-state index contributed by atoms with van der Waals surface area (Å²) in [6, 6.07) is 1.55. The smallest absolute Gasteiger partial charge is 0.245 e. The Labute approximate surface area is 129 Å². The van der Waals surface area contributed by atoms with Crippen molar-refractivity contribution in [1.82, 2.24) is 15.0 Å². The van der Waals surface area contributed by atoms with Gasteiger partial charge in [-0.2, -0.15) is 0 Å². The number of rotatable bonds is 7. The molecular weight excluding hydrogens is 288 g/mol. The largest absolute Gasteiger partial charge is 0.379 e. The van der Waals surface area contributed by atoms with Gasteiger partial charge in [0, 0.05) is 38.7 Å². The van der Waals surface area contributed by atoms with Gasteiger partial charge < -0.3 is 19.5 Å². The predicted octanol–water partition coefficient (Wildman–Crippen LogP) is 0.184. The molecule has 0 atom stereocenters. The summed E-state index contributed by atoms with van der Waals surface area (Å²) in [4.78, 5) is 27.8. The Morgan fingerprint density at radius 1 is 1.41 bits per heavy atom. The minimum atomic E-state index is -0.280. The number of aromatic nitrogens is 1. The van der Waals surface area contributed by atoms with Crippen LogP contribution >= 0.6 is 0 Å². The molecule has 0 saturated carbocycles. The highest BCUT2D eigenvalue weighted by atomic mass is 16.5. The molecule has 1 fully saturated rings. The van der Waals surface area contributed by atoms with E-state index in [1.54, 1.807) is 17.9 Å². The second-order valence-corrected chi connectivity index (χ2v) is 5.06. The summed E-state index contributed by atoms with van der Waals surface area (Å²) in [5, 5.41) is 6.21. The lowest BCUT2D eigenvalue weighted by Crippen LogP contribution is -2.45. The summed E-state index contributed by atoms with van der Waals surface area (Å²) < 4.78 is 9.95. The van der Waals surface area contributed by atoms with Crippen molar-refractivity contribution in [2.45, 2.75) is 13.3 Å². The Balaban J connectivity index is 1.82. The van der Waals surface area contributed by atoms with Crippen molar-refractivity contribution < 1.29 is 18.8 Å². The van der Waals surface area contributed by atoms with E-state index in [1.807, 2.05) is 0 Å². The fourth-order valence-corrected chi connectivity index (χ4v) is 2.24. The summed E-state index contributed by atoms with van der Waals surface area (Å²) >= 11 is 0. The first kappa shape index (κ1) is 16.4. The summed E-state index contributed by atoms with van der Waals surface area (Å²) in [7, 11) is 0. The van der Waals surface area contributed by atoms with E-state index >= 15 is 0 Å². The van der Waals surface area contributed by atoms with Gasteiger partial charge in [0.15, 0.2) is 5.82 Å². The van der Waals surface area contributed by atoms with Crippen LogP contribution < -0.4 is 5.32 Å². The van der Waals surface area contributed by atoms with E-state index in [1.165, 1.54) is 6.26 Å². The van der Waals surface area contributed by atoms with Crippen molar-refractivity contribution in [3.8, 4) is 0 Å². The lowest BCUT2D eigenvalue weighted by Gasteiger charge is -2.29. The second-order valence-electron chi connectivity index (χ2n) is 5.06. The minimum absolute atomic E-state index is 0.0177. The number of nitrogens with one attached hydrogen (secondary N) is 1. The Morgan fingerprint density at radius 3 is 2.82 bits per heavy atom. The van der Waals surface area contributed by atoms with Gasteiger partial charge in [-0.15, -0.1) is 0 Å². The van der Waals surface area contributed by atoms with Crippen molar-refractivity contribution >= 4 is 17.6 Å². The van der Waals surface area contributed by atoms with Gasteiger partial charge in [-0.1, -0.05) is 12.1 Å². The summed E-state index contributed by atoms with van der Waals surface area (Å²) in [6.45, 7) is 6.23. The lowest BCUT2D eigenvalue weighted by atomic mass is 10.3. The molecule has 1 aromatic heterocycles. The third kappa shape index (κ3) is 5.12. The molecule has 1 N–H and O–H groups in total. The van der Waals surface area contributed by atoms with Crippen molar-refractivity contribution in [2.75, 3.05) is 51.3 Å². The fraction of sp³-hybridized carbons (Fsp3) is 0.643. The zero-order valence-corrected chi connectivity index (χ0v) is 12.8. The van der Waals surface area contributed by atoms with Gasteiger partial charge in [0.1, 0.15) is 6.26 Å². The maximum atomic E-state index is 12.0. The van der Waals surface area contributed by atoms with E-state index in [4.69, 9.17) is 4.74 Å². The highest BCUT2D eigenvalue weighted by Gasteiger charge is 2.18. The van der Waals surface area contributed by atoms with Crippen molar-refractivity contribution in [1.29, 1.82) is 0 Å². The van der Waals surface area contributed by atoms with Crippen LogP contribution in [0, 0.1) is 0 Å². The Morgan fingerprint density at radius 2 is 2.18 bits per heavy atom. The van der Waals surface area contributed by atoms with Gasteiger partial charge >= 0.3 is 0 Å². The maximum Gasteiger partial charge on any atom is 0.245 e. The van der Waals surface area contributed by atoms with Crippen LogP contribution in [0.3, 0.4) is 0 Å². The molecule has 0 aromatic carbocycles. The SMILES string of the molecule is CCC(=O)N(CCN1CCOCC1)CC(=O)Nc1ccon1. The van der Waals surface area contributed by atoms with E-state index in [2.05, 4.69) is 19.9 Å². The fourth-order valence-electron chi connectivity index (χ4n) is 2.24. The van der Waals surface area contributed by atoms with Gasteiger partial charge in [0.25, 0.3) is 0 Å². The van der Waals surface area contributed by atoms with E-state index in [-0.39, 0.29) is 18.4 Å². The lowest BCUT2D eigenvalue weighted by molar-refractivity contribution is -0.134. The average molecular weight is 310 g/mol. The van der Waals surface area contributed by atoms with E-state index in [0.717, 1.165) is 19.6 Å². The highest BCUT2D eigenvalue weighted by Crippen LogP contribution is 2.03. The van der Waals surface area contributed by atoms with Crippen molar-refractivity contribution in [2.24, 2.45) is 0 Å². The monoisotopic (exact) mass is 310 g/mol. The molecule has 1 saturated heterocycles. The van der Waals surface area contributed by atoms with E-state index < -0.39 is 0 Å². The number of carbonyl (C=O) groups is 2. The van der Waals surface area contributed by atoms with Gasteiger partial charge in [-0.05, 0) is 0 Å². The van der Waals surface area contributed by atoms with Crippen LogP contribution in [0.5, 0.6) is 0 Å². The quantitative estimate of drug-likeness (QED) is 0.773. The molecule has 22 heavy (non-hydrogen) atoms. The summed E-state index contributed by atoms with van der Waals surface area (Å²) in [5.41, 5.74) is 0. The molecule has 0 bridgehead atoms. The molecule has 0 unspecified atom stereocenters. The molecule has 0 radical (unpaired) electrons. The van der Waals surface area contributed by atoms with Crippen LogP contribution in [0.15, 0.2) is 16.9 Å². The summed E-state index contributed by atoms with van der Waals surface area (Å²) in [5.74, 6) is 0.0308. The molecular formula is C14H22N4O4. The number of ether oxygens (including phenoxy) is 1. The number of anilines is 1. The normalized spacial score (nSPS) is 15.5.